The van der Waals surface area contributed by atoms with Gasteiger partial charge in [0.25, 0.3) is 0 Å². The molecule has 1 aliphatic rings. The SMILES string of the molecule is CCO[Si](CCCN1Cc2cc3ccccc3cc2C1)(OCC)OCC. The van der Waals surface area contributed by atoms with Gasteiger partial charge in [0.2, 0.25) is 0 Å². The van der Waals surface area contributed by atoms with Crippen LogP contribution >= 0.6 is 0 Å². The monoisotopic (exact) mass is 373 g/mol. The molecular formula is C21H31NO3Si. The van der Waals surface area contributed by atoms with Crippen LogP contribution in [0.15, 0.2) is 36.4 Å². The molecule has 26 heavy (non-hydrogen) atoms. The fourth-order valence-electron chi connectivity index (χ4n) is 3.85. The highest BCUT2D eigenvalue weighted by Crippen LogP contribution is 2.28. The summed E-state index contributed by atoms with van der Waals surface area (Å²) in [6, 6.07) is 14.2. The zero-order valence-corrected chi connectivity index (χ0v) is 17.3. The smallest absolute Gasteiger partial charge is 0.374 e. The topological polar surface area (TPSA) is 30.9 Å². The molecule has 0 spiro atoms. The molecule has 0 aliphatic carbocycles. The molecular weight excluding hydrogens is 342 g/mol. The summed E-state index contributed by atoms with van der Waals surface area (Å²) < 4.78 is 17.9. The van der Waals surface area contributed by atoms with E-state index in [2.05, 4.69) is 41.3 Å². The van der Waals surface area contributed by atoms with Crippen molar-refractivity contribution in [2.45, 2.75) is 46.3 Å². The molecule has 0 amide bonds. The van der Waals surface area contributed by atoms with Crippen LogP contribution < -0.4 is 0 Å². The number of rotatable bonds is 10. The van der Waals surface area contributed by atoms with E-state index in [0.29, 0.717) is 19.8 Å². The van der Waals surface area contributed by atoms with Crippen LogP contribution in [0.3, 0.4) is 0 Å². The van der Waals surface area contributed by atoms with Gasteiger partial charge in [0, 0.05) is 39.0 Å². The van der Waals surface area contributed by atoms with E-state index < -0.39 is 8.80 Å². The van der Waals surface area contributed by atoms with E-state index in [1.165, 1.54) is 21.9 Å². The van der Waals surface area contributed by atoms with Crippen molar-refractivity contribution in [1.29, 1.82) is 0 Å². The quantitative estimate of drug-likeness (QED) is 0.570. The molecule has 0 radical (unpaired) electrons. The lowest BCUT2D eigenvalue weighted by molar-refractivity contribution is 0.0699. The molecule has 0 bridgehead atoms. The highest BCUT2D eigenvalue weighted by atomic mass is 28.4. The molecule has 0 unspecified atom stereocenters. The highest BCUT2D eigenvalue weighted by molar-refractivity contribution is 6.60. The van der Waals surface area contributed by atoms with Crippen molar-refractivity contribution in [3.8, 4) is 0 Å². The maximum atomic E-state index is 5.97. The van der Waals surface area contributed by atoms with Gasteiger partial charge in [0.1, 0.15) is 0 Å². The molecule has 142 valence electrons. The van der Waals surface area contributed by atoms with E-state index in [9.17, 15) is 0 Å². The van der Waals surface area contributed by atoms with Gasteiger partial charge < -0.3 is 13.3 Å². The van der Waals surface area contributed by atoms with Gasteiger partial charge in [-0.25, -0.2) is 0 Å². The van der Waals surface area contributed by atoms with Gasteiger partial charge in [0.15, 0.2) is 0 Å². The van der Waals surface area contributed by atoms with E-state index >= 15 is 0 Å². The Labute approximate surface area is 158 Å². The Morgan fingerprint density at radius 2 is 1.35 bits per heavy atom. The molecule has 1 heterocycles. The lowest BCUT2D eigenvalue weighted by Crippen LogP contribution is -2.46. The predicted molar refractivity (Wildman–Crippen MR) is 108 cm³/mol. The molecule has 5 heteroatoms. The number of hydrogen-bond donors (Lipinski definition) is 0. The second kappa shape index (κ2) is 9.11. The largest absolute Gasteiger partial charge is 0.500 e. The van der Waals surface area contributed by atoms with Gasteiger partial charge in [-0.05, 0) is 67.8 Å². The van der Waals surface area contributed by atoms with Crippen LogP contribution in [0.2, 0.25) is 6.04 Å². The zero-order chi connectivity index (χ0) is 18.4. The second-order valence-electron chi connectivity index (χ2n) is 6.76. The van der Waals surface area contributed by atoms with E-state index in [4.69, 9.17) is 13.3 Å². The predicted octanol–water partition coefficient (Wildman–Crippen LogP) is 4.59. The van der Waals surface area contributed by atoms with Crippen molar-refractivity contribution in [1.82, 2.24) is 4.90 Å². The van der Waals surface area contributed by atoms with Crippen LogP contribution in [0.25, 0.3) is 10.8 Å². The first-order chi connectivity index (χ1) is 12.7. The van der Waals surface area contributed by atoms with Gasteiger partial charge in [0.05, 0.1) is 0 Å². The summed E-state index contributed by atoms with van der Waals surface area (Å²) in [5, 5.41) is 2.67. The molecule has 4 nitrogen and oxygen atoms in total. The molecule has 0 atom stereocenters. The van der Waals surface area contributed by atoms with Gasteiger partial charge in [-0.2, -0.15) is 0 Å². The van der Waals surface area contributed by atoms with E-state index in [1.54, 1.807) is 0 Å². The van der Waals surface area contributed by atoms with Crippen LogP contribution in [0.4, 0.5) is 0 Å². The number of benzene rings is 2. The van der Waals surface area contributed by atoms with Crippen LogP contribution in [0.5, 0.6) is 0 Å². The fraction of sp³-hybridized carbons (Fsp3) is 0.524. The summed E-state index contributed by atoms with van der Waals surface area (Å²) in [5.41, 5.74) is 2.93. The van der Waals surface area contributed by atoms with Gasteiger partial charge in [-0.1, -0.05) is 24.3 Å². The lowest BCUT2D eigenvalue weighted by Gasteiger charge is -2.29. The first-order valence-electron chi connectivity index (χ1n) is 9.84. The molecule has 0 aromatic heterocycles. The van der Waals surface area contributed by atoms with Crippen molar-refractivity contribution in [3.63, 3.8) is 0 Å². The normalized spacial score (nSPS) is 14.9. The van der Waals surface area contributed by atoms with Crippen LogP contribution in [0, 0.1) is 0 Å². The van der Waals surface area contributed by atoms with Crippen molar-refractivity contribution in [2.24, 2.45) is 0 Å². The zero-order valence-electron chi connectivity index (χ0n) is 16.3. The summed E-state index contributed by atoms with van der Waals surface area (Å²) in [5.74, 6) is 0. The third kappa shape index (κ3) is 4.53. The fourth-order valence-corrected chi connectivity index (χ4v) is 6.44. The Morgan fingerprint density at radius 1 is 0.846 bits per heavy atom. The second-order valence-corrected chi connectivity index (χ2v) is 9.50. The first-order valence-corrected chi connectivity index (χ1v) is 11.8. The Kier molecular flexibility index (Phi) is 6.84. The molecule has 2 aromatic carbocycles. The Balaban J connectivity index is 1.58. The molecule has 2 aromatic rings. The molecule has 0 N–H and O–H groups in total. The first kappa shape index (κ1) is 19.5. The van der Waals surface area contributed by atoms with Crippen molar-refractivity contribution < 1.29 is 13.3 Å². The highest BCUT2D eigenvalue weighted by Gasteiger charge is 2.39. The average molecular weight is 374 g/mol. The summed E-state index contributed by atoms with van der Waals surface area (Å²) in [6.45, 7) is 11.1. The van der Waals surface area contributed by atoms with E-state index in [-0.39, 0.29) is 0 Å². The Morgan fingerprint density at radius 3 is 1.81 bits per heavy atom. The van der Waals surface area contributed by atoms with Crippen LogP contribution in [-0.2, 0) is 26.4 Å². The van der Waals surface area contributed by atoms with E-state index in [0.717, 1.165) is 32.1 Å². The minimum absolute atomic E-state index is 0.647. The maximum Gasteiger partial charge on any atom is 0.500 e. The lowest BCUT2D eigenvalue weighted by atomic mass is 10.0. The van der Waals surface area contributed by atoms with Gasteiger partial charge in [-0.15, -0.1) is 0 Å². The standard InChI is InChI=1S/C21H31NO3Si/c1-4-23-26(24-5-2,25-6-3)13-9-12-22-16-20-14-18-10-7-8-11-19(18)15-21(20)17-22/h7-8,10-11,14-15H,4-6,9,12-13,16-17H2,1-3H3. The summed E-state index contributed by atoms with van der Waals surface area (Å²) in [6.07, 6.45) is 1.04. The third-order valence-corrected chi connectivity index (χ3v) is 8.06. The van der Waals surface area contributed by atoms with Crippen molar-refractivity contribution in [3.05, 3.63) is 47.5 Å². The molecule has 1 aliphatic heterocycles. The number of hydrogen-bond acceptors (Lipinski definition) is 4. The van der Waals surface area contributed by atoms with Crippen LogP contribution in [0.1, 0.15) is 38.3 Å². The third-order valence-electron chi connectivity index (χ3n) is 4.91. The van der Waals surface area contributed by atoms with Crippen LogP contribution in [-0.4, -0.2) is 40.1 Å². The summed E-state index contributed by atoms with van der Waals surface area (Å²) >= 11 is 0. The minimum Gasteiger partial charge on any atom is -0.374 e. The van der Waals surface area contributed by atoms with Gasteiger partial charge >= 0.3 is 8.80 Å². The van der Waals surface area contributed by atoms with Crippen molar-refractivity contribution in [2.75, 3.05) is 26.4 Å². The summed E-state index contributed by atoms with van der Waals surface area (Å²) in [4.78, 5) is 2.52. The number of fused-ring (bicyclic) bond motifs is 2. The summed E-state index contributed by atoms with van der Waals surface area (Å²) in [7, 11) is -2.51. The number of nitrogens with zero attached hydrogens (tertiary/aromatic N) is 1. The molecule has 0 fully saturated rings. The minimum atomic E-state index is -2.51. The van der Waals surface area contributed by atoms with Crippen molar-refractivity contribution >= 4 is 19.6 Å². The van der Waals surface area contributed by atoms with E-state index in [1.807, 2.05) is 20.8 Å². The molecule has 0 saturated carbocycles. The average Bonchev–Trinajstić information content (AvgIpc) is 3.01. The maximum absolute atomic E-state index is 5.97. The van der Waals surface area contributed by atoms with Gasteiger partial charge in [-0.3, -0.25) is 4.90 Å². The Bertz CT molecular complexity index is 660. The molecule has 3 rings (SSSR count). The Hall–Kier alpha value is -1.24. The molecule has 0 saturated heterocycles.